The predicted octanol–water partition coefficient (Wildman–Crippen LogP) is 0.274. The summed E-state index contributed by atoms with van der Waals surface area (Å²) in [5.41, 5.74) is 0.191. The highest BCUT2D eigenvalue weighted by Gasteiger charge is 2.08. The zero-order valence-corrected chi connectivity index (χ0v) is 8.10. The van der Waals surface area contributed by atoms with E-state index in [1.807, 2.05) is 0 Å². The fourth-order valence-corrected chi connectivity index (χ4v) is 0.963. The maximum absolute atomic E-state index is 11.2. The number of rotatable bonds is 3. The van der Waals surface area contributed by atoms with Crippen molar-refractivity contribution in [2.75, 3.05) is 14.1 Å². The summed E-state index contributed by atoms with van der Waals surface area (Å²) in [7, 11) is 3.31. The van der Waals surface area contributed by atoms with Gasteiger partial charge in [-0.25, -0.2) is 4.79 Å². The second kappa shape index (κ2) is 3.95. The van der Waals surface area contributed by atoms with Crippen molar-refractivity contribution in [2.24, 2.45) is 0 Å². The summed E-state index contributed by atoms with van der Waals surface area (Å²) < 4.78 is 1.55. The van der Waals surface area contributed by atoms with E-state index in [0.717, 1.165) is 0 Å². The molecule has 76 valence electrons. The summed E-state index contributed by atoms with van der Waals surface area (Å²) in [6, 6.07) is 1.46. The minimum absolute atomic E-state index is 0.0717. The van der Waals surface area contributed by atoms with Gasteiger partial charge in [0.25, 0.3) is 0 Å². The molecule has 0 aliphatic heterocycles. The Hall–Kier alpha value is -1.78. The fourth-order valence-electron chi connectivity index (χ4n) is 0.963. The minimum Gasteiger partial charge on any atom is -0.478 e. The molecule has 1 aromatic heterocycles. The van der Waals surface area contributed by atoms with Crippen molar-refractivity contribution in [1.29, 1.82) is 0 Å². The Labute approximate surface area is 81.6 Å². The molecule has 1 heterocycles. The summed E-state index contributed by atoms with van der Waals surface area (Å²) >= 11 is 0. The summed E-state index contributed by atoms with van der Waals surface area (Å²) in [4.78, 5) is 23.2. The van der Waals surface area contributed by atoms with Gasteiger partial charge in [0.1, 0.15) is 6.54 Å². The normalized spacial score (nSPS) is 9.86. The number of carbonyl (C=O) groups is 2. The van der Waals surface area contributed by atoms with E-state index >= 15 is 0 Å². The standard InChI is InChI=1S/C9H12N2O3/c1-10(2)8(12)6-11-4-3-7(5-11)9(13)14/h3-5H,6H2,1-2H3,(H,13,14). The van der Waals surface area contributed by atoms with Crippen LogP contribution in [0.1, 0.15) is 10.4 Å². The van der Waals surface area contributed by atoms with E-state index < -0.39 is 5.97 Å². The zero-order valence-electron chi connectivity index (χ0n) is 8.10. The van der Waals surface area contributed by atoms with Crippen molar-refractivity contribution in [1.82, 2.24) is 9.47 Å². The molecular formula is C9H12N2O3. The molecule has 0 unspecified atom stereocenters. The molecule has 0 fully saturated rings. The van der Waals surface area contributed by atoms with Crippen molar-refractivity contribution in [3.63, 3.8) is 0 Å². The molecule has 0 saturated carbocycles. The first-order valence-corrected chi connectivity index (χ1v) is 4.10. The van der Waals surface area contributed by atoms with Gasteiger partial charge < -0.3 is 14.6 Å². The molecule has 1 amide bonds. The van der Waals surface area contributed by atoms with Gasteiger partial charge in [-0.2, -0.15) is 0 Å². The number of likely N-dealkylation sites (N-methyl/N-ethyl adjacent to an activating group) is 1. The van der Waals surface area contributed by atoms with Gasteiger partial charge >= 0.3 is 5.97 Å². The van der Waals surface area contributed by atoms with E-state index in [0.29, 0.717) is 0 Å². The maximum atomic E-state index is 11.2. The van der Waals surface area contributed by atoms with Crippen LogP contribution in [0.5, 0.6) is 0 Å². The molecule has 0 aromatic carbocycles. The van der Waals surface area contributed by atoms with E-state index in [-0.39, 0.29) is 18.0 Å². The average molecular weight is 196 g/mol. The van der Waals surface area contributed by atoms with Crippen molar-refractivity contribution in [2.45, 2.75) is 6.54 Å². The fraction of sp³-hybridized carbons (Fsp3) is 0.333. The maximum Gasteiger partial charge on any atom is 0.337 e. The van der Waals surface area contributed by atoms with Gasteiger partial charge in [-0.1, -0.05) is 0 Å². The van der Waals surface area contributed by atoms with E-state index in [2.05, 4.69) is 0 Å². The van der Waals surface area contributed by atoms with Crippen LogP contribution in [0, 0.1) is 0 Å². The monoisotopic (exact) mass is 196 g/mol. The largest absolute Gasteiger partial charge is 0.478 e. The Morgan fingerprint density at radius 1 is 1.50 bits per heavy atom. The molecule has 1 N–H and O–H groups in total. The topological polar surface area (TPSA) is 62.5 Å². The number of carboxylic acid groups (broad SMARTS) is 1. The number of amides is 1. The number of aromatic nitrogens is 1. The van der Waals surface area contributed by atoms with Gasteiger partial charge in [0.05, 0.1) is 5.56 Å². The molecule has 14 heavy (non-hydrogen) atoms. The van der Waals surface area contributed by atoms with Crippen LogP contribution in [0.25, 0.3) is 0 Å². The van der Waals surface area contributed by atoms with Crippen LogP contribution in [-0.4, -0.2) is 40.5 Å². The Bertz CT molecular complexity index is 355. The lowest BCUT2D eigenvalue weighted by atomic mass is 10.4. The molecular weight excluding hydrogens is 184 g/mol. The highest BCUT2D eigenvalue weighted by atomic mass is 16.4. The average Bonchev–Trinajstić information content (AvgIpc) is 2.52. The Morgan fingerprint density at radius 3 is 2.57 bits per heavy atom. The minimum atomic E-state index is -0.985. The molecule has 0 saturated heterocycles. The lowest BCUT2D eigenvalue weighted by Gasteiger charge is -2.10. The number of hydrogen-bond donors (Lipinski definition) is 1. The van der Waals surface area contributed by atoms with Gasteiger partial charge in [0.15, 0.2) is 0 Å². The molecule has 1 rings (SSSR count). The van der Waals surface area contributed by atoms with Crippen LogP contribution < -0.4 is 0 Å². The van der Waals surface area contributed by atoms with Crippen LogP contribution in [0.15, 0.2) is 18.5 Å². The molecule has 0 spiro atoms. The van der Waals surface area contributed by atoms with Crippen molar-refractivity contribution < 1.29 is 14.7 Å². The lowest BCUT2D eigenvalue weighted by molar-refractivity contribution is -0.129. The summed E-state index contributed by atoms with van der Waals surface area (Å²) in [5.74, 6) is -1.06. The molecule has 0 aliphatic rings. The third-order valence-electron chi connectivity index (χ3n) is 1.81. The zero-order chi connectivity index (χ0) is 10.7. The van der Waals surface area contributed by atoms with E-state index in [4.69, 9.17) is 5.11 Å². The first kappa shape index (κ1) is 10.3. The number of hydrogen-bond acceptors (Lipinski definition) is 2. The molecule has 0 atom stereocenters. The quantitative estimate of drug-likeness (QED) is 0.755. The van der Waals surface area contributed by atoms with E-state index in [1.165, 1.54) is 17.2 Å². The lowest BCUT2D eigenvalue weighted by Crippen LogP contribution is -2.25. The number of carbonyl (C=O) groups excluding carboxylic acids is 1. The van der Waals surface area contributed by atoms with Crippen LogP contribution >= 0.6 is 0 Å². The molecule has 1 aromatic rings. The van der Waals surface area contributed by atoms with Crippen molar-refractivity contribution in [3.8, 4) is 0 Å². The highest BCUT2D eigenvalue weighted by Crippen LogP contribution is 2.01. The second-order valence-corrected chi connectivity index (χ2v) is 3.17. The first-order valence-electron chi connectivity index (χ1n) is 4.10. The summed E-state index contributed by atoms with van der Waals surface area (Å²) in [6.45, 7) is 0.167. The highest BCUT2D eigenvalue weighted by molar-refractivity contribution is 5.87. The number of nitrogens with zero attached hydrogens (tertiary/aromatic N) is 2. The Kier molecular flexibility index (Phi) is 2.91. The Balaban J connectivity index is 2.69. The SMILES string of the molecule is CN(C)C(=O)Cn1ccc(C(=O)O)c1. The van der Waals surface area contributed by atoms with Crippen LogP contribution in [0.4, 0.5) is 0 Å². The third-order valence-corrected chi connectivity index (χ3v) is 1.81. The molecule has 0 radical (unpaired) electrons. The predicted molar refractivity (Wildman–Crippen MR) is 50.1 cm³/mol. The van der Waals surface area contributed by atoms with Gasteiger partial charge in [-0.3, -0.25) is 4.79 Å². The first-order chi connectivity index (χ1) is 6.50. The third kappa shape index (κ3) is 2.35. The molecule has 0 bridgehead atoms. The Morgan fingerprint density at radius 2 is 2.14 bits per heavy atom. The van der Waals surface area contributed by atoms with Crippen molar-refractivity contribution >= 4 is 11.9 Å². The van der Waals surface area contributed by atoms with Gasteiger partial charge in [-0.15, -0.1) is 0 Å². The van der Waals surface area contributed by atoms with E-state index in [9.17, 15) is 9.59 Å². The van der Waals surface area contributed by atoms with Crippen LogP contribution in [0.2, 0.25) is 0 Å². The second-order valence-electron chi connectivity index (χ2n) is 3.17. The summed E-state index contributed by atoms with van der Waals surface area (Å²) in [6.07, 6.45) is 3.01. The molecule has 5 nitrogen and oxygen atoms in total. The van der Waals surface area contributed by atoms with Gasteiger partial charge in [0.2, 0.25) is 5.91 Å². The smallest absolute Gasteiger partial charge is 0.337 e. The van der Waals surface area contributed by atoms with Crippen molar-refractivity contribution in [3.05, 3.63) is 24.0 Å². The summed E-state index contributed by atoms with van der Waals surface area (Å²) in [5, 5.41) is 8.63. The molecule has 5 heteroatoms. The van der Waals surface area contributed by atoms with Gasteiger partial charge in [0, 0.05) is 26.5 Å². The van der Waals surface area contributed by atoms with Gasteiger partial charge in [-0.05, 0) is 6.07 Å². The number of carboxylic acids is 1. The number of aromatic carboxylic acids is 1. The van der Waals surface area contributed by atoms with Crippen LogP contribution in [0.3, 0.4) is 0 Å². The van der Waals surface area contributed by atoms with E-state index in [1.54, 1.807) is 24.9 Å². The molecule has 0 aliphatic carbocycles. The van der Waals surface area contributed by atoms with Crippen LogP contribution in [-0.2, 0) is 11.3 Å².